The Kier molecular flexibility index (Phi) is 3.06. The maximum atomic E-state index is 9.47. The zero-order valence-corrected chi connectivity index (χ0v) is 9.08. The normalized spacial score (nSPS) is 20.2. The van der Waals surface area contributed by atoms with Gasteiger partial charge in [-0.05, 0) is 18.4 Å². The first kappa shape index (κ1) is 10.2. The van der Waals surface area contributed by atoms with E-state index in [1.807, 2.05) is 18.2 Å². The van der Waals surface area contributed by atoms with Crippen LogP contribution in [0.2, 0.25) is 0 Å². The molecule has 1 nitrogen and oxygen atoms in total. The van der Waals surface area contributed by atoms with Crippen molar-refractivity contribution in [3.8, 4) is 6.07 Å². The number of nitrogens with zero attached hydrogens (tertiary/aromatic N) is 1. The van der Waals surface area contributed by atoms with Gasteiger partial charge in [-0.3, -0.25) is 0 Å². The molecule has 0 unspecified atom stereocenters. The molecule has 1 aliphatic carbocycles. The molecular formula is C14H17N. The average molecular weight is 199 g/mol. The average Bonchev–Trinajstić information content (AvgIpc) is 2.56. The van der Waals surface area contributed by atoms with Gasteiger partial charge < -0.3 is 0 Å². The molecule has 0 atom stereocenters. The molecule has 1 saturated carbocycles. The fraction of sp³-hybridized carbons (Fsp3) is 0.500. The molecule has 1 heteroatoms. The lowest BCUT2D eigenvalue weighted by Crippen LogP contribution is -2.22. The summed E-state index contributed by atoms with van der Waals surface area (Å²) in [4.78, 5) is 0. The van der Waals surface area contributed by atoms with E-state index in [4.69, 9.17) is 0 Å². The quantitative estimate of drug-likeness (QED) is 0.631. The topological polar surface area (TPSA) is 23.8 Å². The van der Waals surface area contributed by atoms with Gasteiger partial charge in [0.15, 0.2) is 0 Å². The molecule has 0 heterocycles. The summed E-state index contributed by atoms with van der Waals surface area (Å²) >= 11 is 0. The molecule has 0 spiro atoms. The van der Waals surface area contributed by atoms with E-state index in [1.54, 1.807) is 0 Å². The lowest BCUT2D eigenvalue weighted by molar-refractivity contribution is 0.475. The van der Waals surface area contributed by atoms with Gasteiger partial charge in [0, 0.05) is 0 Å². The molecule has 0 bridgehead atoms. The van der Waals surface area contributed by atoms with Gasteiger partial charge in [0.25, 0.3) is 0 Å². The predicted octanol–water partition coefficient (Wildman–Crippen LogP) is 3.80. The number of rotatable bonds is 1. The Morgan fingerprint density at radius 1 is 0.933 bits per heavy atom. The third-order valence-corrected chi connectivity index (χ3v) is 3.50. The molecule has 0 radical (unpaired) electrons. The van der Waals surface area contributed by atoms with Crippen LogP contribution in [-0.2, 0) is 5.41 Å². The van der Waals surface area contributed by atoms with Crippen LogP contribution in [-0.4, -0.2) is 0 Å². The van der Waals surface area contributed by atoms with Crippen LogP contribution >= 0.6 is 0 Å². The van der Waals surface area contributed by atoms with Gasteiger partial charge in [0.2, 0.25) is 0 Å². The molecule has 1 aromatic rings. The lowest BCUT2D eigenvalue weighted by atomic mass is 9.76. The maximum Gasteiger partial charge on any atom is 0.0822 e. The molecule has 78 valence electrons. The second-order valence-electron chi connectivity index (χ2n) is 4.47. The highest BCUT2D eigenvalue weighted by Gasteiger charge is 2.32. The van der Waals surface area contributed by atoms with E-state index in [2.05, 4.69) is 18.2 Å². The minimum absolute atomic E-state index is 0.197. The fourth-order valence-electron chi connectivity index (χ4n) is 2.55. The second-order valence-corrected chi connectivity index (χ2v) is 4.47. The summed E-state index contributed by atoms with van der Waals surface area (Å²) in [6, 6.07) is 12.9. The summed E-state index contributed by atoms with van der Waals surface area (Å²) in [6.45, 7) is 0. The third kappa shape index (κ3) is 2.04. The zero-order valence-electron chi connectivity index (χ0n) is 9.08. The second kappa shape index (κ2) is 4.49. The number of hydrogen-bond acceptors (Lipinski definition) is 1. The first-order valence-electron chi connectivity index (χ1n) is 5.84. The highest BCUT2D eigenvalue weighted by molar-refractivity contribution is 5.32. The molecular weight excluding hydrogens is 182 g/mol. The van der Waals surface area contributed by atoms with Crippen LogP contribution in [0.5, 0.6) is 0 Å². The van der Waals surface area contributed by atoms with Gasteiger partial charge in [-0.2, -0.15) is 5.26 Å². The minimum atomic E-state index is -0.197. The molecule has 15 heavy (non-hydrogen) atoms. The van der Waals surface area contributed by atoms with Crippen molar-refractivity contribution in [3.63, 3.8) is 0 Å². The number of benzene rings is 1. The lowest BCUT2D eigenvalue weighted by Gasteiger charge is -2.25. The van der Waals surface area contributed by atoms with Crippen LogP contribution in [0.1, 0.15) is 44.1 Å². The van der Waals surface area contributed by atoms with Crippen molar-refractivity contribution in [1.82, 2.24) is 0 Å². The van der Waals surface area contributed by atoms with Crippen LogP contribution in [0.4, 0.5) is 0 Å². The third-order valence-electron chi connectivity index (χ3n) is 3.50. The van der Waals surface area contributed by atoms with Gasteiger partial charge in [0.05, 0.1) is 11.5 Å². The smallest absolute Gasteiger partial charge is 0.0822 e. The van der Waals surface area contributed by atoms with Crippen LogP contribution in [0.15, 0.2) is 30.3 Å². The van der Waals surface area contributed by atoms with E-state index in [0.29, 0.717) is 0 Å². The minimum Gasteiger partial charge on any atom is -0.197 e. The van der Waals surface area contributed by atoms with Crippen molar-refractivity contribution in [1.29, 1.82) is 5.26 Å². The highest BCUT2D eigenvalue weighted by Crippen LogP contribution is 2.37. The van der Waals surface area contributed by atoms with Gasteiger partial charge >= 0.3 is 0 Å². The molecule has 1 aromatic carbocycles. The van der Waals surface area contributed by atoms with E-state index in [9.17, 15) is 5.26 Å². The summed E-state index contributed by atoms with van der Waals surface area (Å²) in [5.74, 6) is 0. The van der Waals surface area contributed by atoms with E-state index in [-0.39, 0.29) is 5.41 Å². The van der Waals surface area contributed by atoms with Crippen LogP contribution in [0.25, 0.3) is 0 Å². The van der Waals surface area contributed by atoms with Crippen molar-refractivity contribution in [3.05, 3.63) is 35.9 Å². The van der Waals surface area contributed by atoms with Gasteiger partial charge in [-0.1, -0.05) is 56.0 Å². The first-order chi connectivity index (χ1) is 7.37. The predicted molar refractivity (Wildman–Crippen MR) is 61.4 cm³/mol. The summed E-state index contributed by atoms with van der Waals surface area (Å²) < 4.78 is 0. The van der Waals surface area contributed by atoms with Crippen molar-refractivity contribution in [2.45, 2.75) is 43.9 Å². The van der Waals surface area contributed by atoms with Crippen LogP contribution in [0.3, 0.4) is 0 Å². The first-order valence-corrected chi connectivity index (χ1v) is 5.84. The summed E-state index contributed by atoms with van der Waals surface area (Å²) in [5.41, 5.74) is 1.02. The number of nitriles is 1. The Balaban J connectivity index is 2.32. The molecule has 1 fully saturated rings. The fourth-order valence-corrected chi connectivity index (χ4v) is 2.55. The summed E-state index contributed by atoms with van der Waals surface area (Å²) in [6.07, 6.45) is 7.04. The zero-order chi connectivity index (χ0) is 10.6. The molecule has 0 aromatic heterocycles. The van der Waals surface area contributed by atoms with Crippen molar-refractivity contribution in [2.24, 2.45) is 0 Å². The molecule has 0 aliphatic heterocycles. The largest absolute Gasteiger partial charge is 0.197 e. The van der Waals surface area contributed by atoms with E-state index in [0.717, 1.165) is 12.8 Å². The Bertz CT molecular complexity index is 339. The standard InChI is InChI=1S/C14H17N/c15-12-14(10-6-1-2-7-11-14)13-8-4-3-5-9-13/h3-5,8-9H,1-2,6-7,10-11H2. The van der Waals surface area contributed by atoms with Crippen molar-refractivity contribution < 1.29 is 0 Å². The van der Waals surface area contributed by atoms with Gasteiger partial charge in [0.1, 0.15) is 0 Å². The molecule has 0 N–H and O–H groups in total. The van der Waals surface area contributed by atoms with Gasteiger partial charge in [-0.15, -0.1) is 0 Å². The monoisotopic (exact) mass is 199 g/mol. The van der Waals surface area contributed by atoms with Gasteiger partial charge in [-0.25, -0.2) is 0 Å². The molecule has 0 saturated heterocycles. The van der Waals surface area contributed by atoms with E-state index >= 15 is 0 Å². The van der Waals surface area contributed by atoms with Crippen LogP contribution < -0.4 is 0 Å². The molecule has 2 rings (SSSR count). The maximum absolute atomic E-state index is 9.47. The molecule has 0 amide bonds. The Morgan fingerprint density at radius 3 is 2.07 bits per heavy atom. The Hall–Kier alpha value is -1.29. The Morgan fingerprint density at radius 2 is 1.53 bits per heavy atom. The highest BCUT2D eigenvalue weighted by atomic mass is 14.4. The SMILES string of the molecule is N#CC1(c2ccccc2)CCCCCC1. The number of hydrogen-bond donors (Lipinski definition) is 0. The summed E-state index contributed by atoms with van der Waals surface area (Å²) in [5, 5.41) is 9.47. The van der Waals surface area contributed by atoms with E-state index in [1.165, 1.54) is 31.2 Å². The van der Waals surface area contributed by atoms with Crippen LogP contribution in [0, 0.1) is 11.3 Å². The van der Waals surface area contributed by atoms with Crippen molar-refractivity contribution in [2.75, 3.05) is 0 Å². The van der Waals surface area contributed by atoms with E-state index < -0.39 is 0 Å². The summed E-state index contributed by atoms with van der Waals surface area (Å²) in [7, 11) is 0. The molecule has 1 aliphatic rings. The van der Waals surface area contributed by atoms with Crippen molar-refractivity contribution >= 4 is 0 Å². The Labute approximate surface area is 91.7 Å².